The van der Waals surface area contributed by atoms with Gasteiger partial charge in [-0.05, 0) is 42.6 Å². The largest absolute Gasteiger partial charge is 0.330 e. The first-order valence-corrected chi connectivity index (χ1v) is 7.05. The average Bonchev–Trinajstić information content (AvgIpc) is 2.45. The fraction of sp³-hybridized carbons (Fsp3) is 0.467. The van der Waals surface area contributed by atoms with Crippen molar-refractivity contribution >= 4 is 23.2 Å². The number of benzene rings is 1. The summed E-state index contributed by atoms with van der Waals surface area (Å²) in [6.45, 7) is 2.56. The van der Waals surface area contributed by atoms with E-state index in [4.69, 9.17) is 5.73 Å². The van der Waals surface area contributed by atoms with Crippen LogP contribution in [0.3, 0.4) is 0 Å². The average molecular weight is 275 g/mol. The van der Waals surface area contributed by atoms with Gasteiger partial charge < -0.3 is 16.4 Å². The van der Waals surface area contributed by atoms with Crippen molar-refractivity contribution in [1.82, 2.24) is 0 Å². The molecule has 20 heavy (non-hydrogen) atoms. The van der Waals surface area contributed by atoms with Crippen LogP contribution in [-0.2, 0) is 16.0 Å². The summed E-state index contributed by atoms with van der Waals surface area (Å²) >= 11 is 0. The van der Waals surface area contributed by atoms with Crippen LogP contribution in [0.4, 0.5) is 11.4 Å². The van der Waals surface area contributed by atoms with Crippen LogP contribution >= 0.6 is 0 Å². The predicted molar refractivity (Wildman–Crippen MR) is 79.5 cm³/mol. The minimum atomic E-state index is -0.0119. The third-order valence-electron chi connectivity index (χ3n) is 3.67. The number of carbonyl (C=O) groups excluding carboxylic acids is 2. The molecular formula is C15H21N3O2. The van der Waals surface area contributed by atoms with Gasteiger partial charge in [0.1, 0.15) is 0 Å². The smallest absolute Gasteiger partial charge is 0.224 e. The van der Waals surface area contributed by atoms with E-state index < -0.39 is 0 Å². The second-order valence-electron chi connectivity index (χ2n) is 5.18. The molecule has 5 heteroatoms. The molecular weight excluding hydrogens is 254 g/mol. The van der Waals surface area contributed by atoms with Crippen LogP contribution in [0.5, 0.6) is 0 Å². The van der Waals surface area contributed by atoms with Gasteiger partial charge >= 0.3 is 0 Å². The van der Waals surface area contributed by atoms with Crippen molar-refractivity contribution in [3.8, 4) is 0 Å². The van der Waals surface area contributed by atoms with Gasteiger partial charge in [-0.2, -0.15) is 0 Å². The van der Waals surface area contributed by atoms with E-state index in [-0.39, 0.29) is 17.7 Å². The number of nitrogens with one attached hydrogen (secondary N) is 2. The first kappa shape index (κ1) is 14.5. The number of anilines is 2. The number of aryl methyl sites for hydroxylation is 1. The van der Waals surface area contributed by atoms with Gasteiger partial charge in [-0.1, -0.05) is 13.3 Å². The Morgan fingerprint density at radius 3 is 2.95 bits per heavy atom. The van der Waals surface area contributed by atoms with Crippen molar-refractivity contribution in [2.24, 2.45) is 11.7 Å². The number of rotatable bonds is 5. The number of nitrogens with two attached hydrogens (primary N) is 1. The predicted octanol–water partition coefficient (Wildman–Crippen LogP) is 1.88. The van der Waals surface area contributed by atoms with Crippen molar-refractivity contribution in [2.75, 3.05) is 17.2 Å². The fourth-order valence-corrected chi connectivity index (χ4v) is 2.33. The van der Waals surface area contributed by atoms with E-state index in [9.17, 15) is 9.59 Å². The van der Waals surface area contributed by atoms with E-state index in [2.05, 4.69) is 10.6 Å². The summed E-state index contributed by atoms with van der Waals surface area (Å²) in [6, 6.07) is 5.57. The molecule has 1 aliphatic heterocycles. The maximum absolute atomic E-state index is 11.9. The highest BCUT2D eigenvalue weighted by atomic mass is 16.2. The molecule has 0 aliphatic carbocycles. The molecule has 1 heterocycles. The Labute approximate surface area is 118 Å². The van der Waals surface area contributed by atoms with E-state index >= 15 is 0 Å². The van der Waals surface area contributed by atoms with Crippen LogP contribution in [0.1, 0.15) is 31.7 Å². The molecule has 1 aromatic rings. The first-order valence-electron chi connectivity index (χ1n) is 7.05. The Kier molecular flexibility index (Phi) is 4.74. The van der Waals surface area contributed by atoms with Gasteiger partial charge in [0.15, 0.2) is 0 Å². The summed E-state index contributed by atoms with van der Waals surface area (Å²) in [6.07, 6.45) is 2.56. The van der Waals surface area contributed by atoms with Crippen LogP contribution in [0.2, 0.25) is 0 Å². The molecule has 1 aromatic carbocycles. The summed E-state index contributed by atoms with van der Waals surface area (Å²) in [7, 11) is 0. The summed E-state index contributed by atoms with van der Waals surface area (Å²) in [5, 5.41) is 5.72. The van der Waals surface area contributed by atoms with Gasteiger partial charge in [0.25, 0.3) is 0 Å². The van der Waals surface area contributed by atoms with Gasteiger partial charge in [-0.15, -0.1) is 0 Å². The molecule has 0 fully saturated rings. The number of hydrogen-bond donors (Lipinski definition) is 3. The summed E-state index contributed by atoms with van der Waals surface area (Å²) < 4.78 is 0. The normalized spacial score (nSPS) is 15.2. The standard InChI is InChI=1S/C15H21N3O2/c1-2-10(9-16)7-15(20)17-12-4-5-13-11(8-12)3-6-14(19)18-13/h4-5,8,10H,2-3,6-7,9,16H2,1H3,(H,17,20)(H,18,19). The summed E-state index contributed by atoms with van der Waals surface area (Å²) in [4.78, 5) is 23.2. The van der Waals surface area contributed by atoms with Crippen molar-refractivity contribution in [1.29, 1.82) is 0 Å². The number of fused-ring (bicyclic) bond motifs is 1. The fourth-order valence-electron chi connectivity index (χ4n) is 2.33. The number of carbonyl (C=O) groups is 2. The molecule has 0 saturated heterocycles. The maximum atomic E-state index is 11.9. The SMILES string of the molecule is CCC(CN)CC(=O)Nc1ccc2c(c1)CCC(=O)N2. The molecule has 5 nitrogen and oxygen atoms in total. The molecule has 0 aromatic heterocycles. The Balaban J connectivity index is 2.00. The Morgan fingerprint density at radius 1 is 1.45 bits per heavy atom. The number of hydrogen-bond acceptors (Lipinski definition) is 3. The van der Waals surface area contributed by atoms with E-state index in [0.29, 0.717) is 25.8 Å². The van der Waals surface area contributed by atoms with E-state index in [1.165, 1.54) is 0 Å². The molecule has 1 aliphatic rings. The maximum Gasteiger partial charge on any atom is 0.224 e. The second-order valence-corrected chi connectivity index (χ2v) is 5.18. The second kappa shape index (κ2) is 6.52. The lowest BCUT2D eigenvalue weighted by atomic mass is 10.0. The Bertz CT molecular complexity index is 510. The van der Waals surface area contributed by atoms with Gasteiger partial charge in [0, 0.05) is 24.2 Å². The van der Waals surface area contributed by atoms with Crippen molar-refractivity contribution < 1.29 is 9.59 Å². The van der Waals surface area contributed by atoms with Gasteiger partial charge in [0.05, 0.1) is 0 Å². The molecule has 2 amide bonds. The van der Waals surface area contributed by atoms with Crippen LogP contribution in [0.25, 0.3) is 0 Å². The third-order valence-corrected chi connectivity index (χ3v) is 3.67. The van der Waals surface area contributed by atoms with Gasteiger partial charge in [0.2, 0.25) is 11.8 Å². The van der Waals surface area contributed by atoms with E-state index in [1.807, 2.05) is 25.1 Å². The van der Waals surface area contributed by atoms with Crippen molar-refractivity contribution in [3.05, 3.63) is 23.8 Å². The van der Waals surface area contributed by atoms with Crippen LogP contribution in [0, 0.1) is 5.92 Å². The topological polar surface area (TPSA) is 84.2 Å². The highest BCUT2D eigenvalue weighted by molar-refractivity contribution is 5.95. The minimum absolute atomic E-state index is 0.0119. The Morgan fingerprint density at radius 2 is 2.25 bits per heavy atom. The summed E-state index contributed by atoms with van der Waals surface area (Å²) in [5.74, 6) is 0.261. The molecule has 0 saturated carbocycles. The molecule has 1 atom stereocenters. The lowest BCUT2D eigenvalue weighted by molar-refractivity contribution is -0.117. The monoisotopic (exact) mass is 275 g/mol. The zero-order chi connectivity index (χ0) is 14.5. The molecule has 108 valence electrons. The summed E-state index contributed by atoms with van der Waals surface area (Å²) in [5.41, 5.74) is 8.29. The molecule has 2 rings (SSSR count). The lowest BCUT2D eigenvalue weighted by Crippen LogP contribution is -2.22. The molecule has 0 bridgehead atoms. The van der Waals surface area contributed by atoms with Gasteiger partial charge in [-0.25, -0.2) is 0 Å². The first-order chi connectivity index (χ1) is 9.62. The van der Waals surface area contributed by atoms with Crippen LogP contribution in [-0.4, -0.2) is 18.4 Å². The van der Waals surface area contributed by atoms with Crippen molar-refractivity contribution in [2.45, 2.75) is 32.6 Å². The Hall–Kier alpha value is -1.88. The van der Waals surface area contributed by atoms with Gasteiger partial charge in [-0.3, -0.25) is 9.59 Å². The minimum Gasteiger partial charge on any atom is -0.330 e. The number of amides is 2. The zero-order valence-corrected chi connectivity index (χ0v) is 11.7. The quantitative estimate of drug-likeness (QED) is 0.767. The van der Waals surface area contributed by atoms with Crippen LogP contribution < -0.4 is 16.4 Å². The van der Waals surface area contributed by atoms with Crippen molar-refractivity contribution in [3.63, 3.8) is 0 Å². The zero-order valence-electron chi connectivity index (χ0n) is 11.7. The molecule has 0 spiro atoms. The molecule has 4 N–H and O–H groups in total. The third kappa shape index (κ3) is 3.57. The molecule has 1 unspecified atom stereocenters. The van der Waals surface area contributed by atoms with Crippen LogP contribution in [0.15, 0.2) is 18.2 Å². The highest BCUT2D eigenvalue weighted by Gasteiger charge is 2.16. The molecule has 0 radical (unpaired) electrons. The van der Waals surface area contributed by atoms with E-state index in [0.717, 1.165) is 23.4 Å². The van der Waals surface area contributed by atoms with E-state index in [1.54, 1.807) is 0 Å². The lowest BCUT2D eigenvalue weighted by Gasteiger charge is -2.18. The highest BCUT2D eigenvalue weighted by Crippen LogP contribution is 2.25.